The molecule has 9 heteroatoms. The number of rotatable bonds is 5. The molecule has 1 N–H and O–H groups in total. The Morgan fingerprint density at radius 1 is 1.36 bits per heavy atom. The van der Waals surface area contributed by atoms with E-state index in [-0.39, 0.29) is 18.0 Å². The number of thiazole rings is 1. The zero-order valence-electron chi connectivity index (χ0n) is 15.7. The Morgan fingerprint density at radius 2 is 2.21 bits per heavy atom. The third-order valence-corrected chi connectivity index (χ3v) is 5.65. The van der Waals surface area contributed by atoms with E-state index in [1.165, 1.54) is 24.2 Å². The summed E-state index contributed by atoms with van der Waals surface area (Å²) in [4.78, 5) is 31.7. The lowest BCUT2D eigenvalue weighted by atomic mass is 10.0. The van der Waals surface area contributed by atoms with Crippen LogP contribution < -0.4 is 10.9 Å². The van der Waals surface area contributed by atoms with E-state index in [1.807, 2.05) is 5.38 Å². The zero-order chi connectivity index (χ0) is 19.5. The molecule has 1 unspecified atom stereocenters. The summed E-state index contributed by atoms with van der Waals surface area (Å²) in [5, 5.41) is 13.5. The maximum Gasteiger partial charge on any atom is 0.278 e. The van der Waals surface area contributed by atoms with Crippen molar-refractivity contribution in [3.05, 3.63) is 45.7 Å². The summed E-state index contributed by atoms with van der Waals surface area (Å²) in [6.07, 6.45) is 2.50. The summed E-state index contributed by atoms with van der Waals surface area (Å²) in [5.41, 5.74) is 1.14. The Bertz CT molecular complexity index is 1050. The van der Waals surface area contributed by atoms with Gasteiger partial charge in [0.25, 0.3) is 5.56 Å². The van der Waals surface area contributed by atoms with Crippen LogP contribution in [-0.2, 0) is 17.9 Å². The maximum atomic E-state index is 12.4. The smallest absolute Gasteiger partial charge is 0.278 e. The number of carbonyl (C=O) groups is 1. The highest BCUT2D eigenvalue weighted by atomic mass is 32.1. The normalized spacial score (nSPS) is 17.7. The molecule has 3 aromatic rings. The first-order valence-electron chi connectivity index (χ1n) is 9.37. The molecule has 28 heavy (non-hydrogen) atoms. The first-order chi connectivity index (χ1) is 13.6. The molecule has 3 heterocycles. The number of carbonyl (C=O) groups excluding carboxylic acids is 1. The van der Waals surface area contributed by atoms with Gasteiger partial charge in [-0.3, -0.25) is 14.5 Å². The van der Waals surface area contributed by atoms with Crippen LogP contribution in [0.25, 0.3) is 10.9 Å². The first-order valence-corrected chi connectivity index (χ1v) is 10.3. The lowest BCUT2D eigenvalue weighted by molar-refractivity contribution is -0.117. The molecular formula is C19H22N6O2S. The minimum Gasteiger partial charge on any atom is -0.300 e. The second-order valence-corrected chi connectivity index (χ2v) is 8.10. The number of aromatic nitrogens is 4. The van der Waals surface area contributed by atoms with Crippen LogP contribution in [0.1, 0.15) is 25.5 Å². The van der Waals surface area contributed by atoms with Crippen LogP contribution in [0.2, 0.25) is 0 Å². The molecule has 0 spiro atoms. The average Bonchev–Trinajstić information content (AvgIpc) is 3.11. The topological polar surface area (TPSA) is 93.0 Å². The van der Waals surface area contributed by atoms with E-state index in [4.69, 9.17) is 0 Å². The quantitative estimate of drug-likeness (QED) is 0.708. The van der Waals surface area contributed by atoms with Gasteiger partial charge in [0.05, 0.1) is 11.1 Å². The standard InChI is InChI=1S/C19H22N6O2S/c1-13-5-4-8-24(9-13)10-14-12-28-19(20-14)21-17(26)11-25-18(27)15-6-2-3-7-16(15)22-23-25/h2-3,6-7,12-13H,4-5,8-11H2,1H3,(H,20,21,26). The summed E-state index contributed by atoms with van der Waals surface area (Å²) in [6.45, 7) is 5.05. The lowest BCUT2D eigenvalue weighted by Gasteiger charge is -2.30. The van der Waals surface area contributed by atoms with Crippen LogP contribution in [0.5, 0.6) is 0 Å². The summed E-state index contributed by atoms with van der Waals surface area (Å²) >= 11 is 1.39. The minimum atomic E-state index is -0.348. The van der Waals surface area contributed by atoms with E-state index in [9.17, 15) is 9.59 Å². The van der Waals surface area contributed by atoms with Gasteiger partial charge in [-0.15, -0.1) is 16.4 Å². The van der Waals surface area contributed by atoms with Gasteiger partial charge in [-0.05, 0) is 37.4 Å². The lowest BCUT2D eigenvalue weighted by Crippen LogP contribution is -2.33. The number of likely N-dealkylation sites (tertiary alicyclic amines) is 1. The number of nitrogens with zero attached hydrogens (tertiary/aromatic N) is 5. The molecule has 1 saturated heterocycles. The number of fused-ring (bicyclic) bond motifs is 1. The molecule has 0 radical (unpaired) electrons. The van der Waals surface area contributed by atoms with Gasteiger partial charge < -0.3 is 5.32 Å². The number of nitrogens with one attached hydrogen (secondary N) is 1. The Morgan fingerprint density at radius 3 is 3.07 bits per heavy atom. The van der Waals surface area contributed by atoms with E-state index >= 15 is 0 Å². The molecule has 1 aromatic carbocycles. The van der Waals surface area contributed by atoms with E-state index in [1.54, 1.807) is 24.3 Å². The van der Waals surface area contributed by atoms with Gasteiger partial charge >= 0.3 is 0 Å². The van der Waals surface area contributed by atoms with Crippen molar-refractivity contribution in [3.63, 3.8) is 0 Å². The maximum absolute atomic E-state index is 12.4. The molecular weight excluding hydrogens is 376 g/mol. The Hall–Kier alpha value is -2.65. The Kier molecular flexibility index (Phi) is 5.45. The van der Waals surface area contributed by atoms with Crippen molar-refractivity contribution in [2.24, 2.45) is 5.92 Å². The Balaban J connectivity index is 1.39. The fourth-order valence-electron chi connectivity index (χ4n) is 3.52. The summed E-state index contributed by atoms with van der Waals surface area (Å²) in [7, 11) is 0. The molecule has 1 aliphatic rings. The molecule has 0 saturated carbocycles. The third kappa shape index (κ3) is 4.26. The molecule has 1 fully saturated rings. The number of amides is 1. The highest BCUT2D eigenvalue weighted by Crippen LogP contribution is 2.20. The minimum absolute atomic E-state index is 0.199. The van der Waals surface area contributed by atoms with Crippen molar-refractivity contribution >= 4 is 33.3 Å². The molecule has 8 nitrogen and oxygen atoms in total. The van der Waals surface area contributed by atoms with Crippen LogP contribution in [0, 0.1) is 5.92 Å². The van der Waals surface area contributed by atoms with Crippen LogP contribution >= 0.6 is 11.3 Å². The van der Waals surface area contributed by atoms with Crippen molar-refractivity contribution in [2.45, 2.75) is 32.9 Å². The number of hydrogen-bond donors (Lipinski definition) is 1. The summed E-state index contributed by atoms with van der Waals surface area (Å²) in [6, 6.07) is 6.94. The predicted octanol–water partition coefficient (Wildman–Crippen LogP) is 2.12. The summed E-state index contributed by atoms with van der Waals surface area (Å²) in [5.74, 6) is 0.368. The number of anilines is 1. The number of benzene rings is 1. The second-order valence-electron chi connectivity index (χ2n) is 7.24. The predicted molar refractivity (Wildman–Crippen MR) is 108 cm³/mol. The van der Waals surface area contributed by atoms with Gasteiger partial charge in [0.1, 0.15) is 12.1 Å². The van der Waals surface area contributed by atoms with E-state index < -0.39 is 0 Å². The van der Waals surface area contributed by atoms with Crippen LogP contribution in [0.15, 0.2) is 34.4 Å². The van der Waals surface area contributed by atoms with Crippen molar-refractivity contribution in [1.82, 2.24) is 24.9 Å². The first kappa shape index (κ1) is 18.7. The van der Waals surface area contributed by atoms with Gasteiger partial charge in [0.2, 0.25) is 5.91 Å². The van der Waals surface area contributed by atoms with E-state index in [0.717, 1.165) is 30.0 Å². The van der Waals surface area contributed by atoms with Crippen LogP contribution in [-0.4, -0.2) is 43.9 Å². The zero-order valence-corrected chi connectivity index (χ0v) is 16.5. The molecule has 1 aliphatic heterocycles. The second kappa shape index (κ2) is 8.15. The fourth-order valence-corrected chi connectivity index (χ4v) is 4.24. The van der Waals surface area contributed by atoms with Crippen molar-refractivity contribution in [2.75, 3.05) is 18.4 Å². The monoisotopic (exact) mass is 398 g/mol. The van der Waals surface area contributed by atoms with E-state index in [0.29, 0.717) is 22.0 Å². The van der Waals surface area contributed by atoms with Crippen molar-refractivity contribution in [1.29, 1.82) is 0 Å². The van der Waals surface area contributed by atoms with Crippen LogP contribution in [0.3, 0.4) is 0 Å². The van der Waals surface area contributed by atoms with Crippen molar-refractivity contribution in [3.8, 4) is 0 Å². The van der Waals surface area contributed by atoms with Gasteiger partial charge in [0, 0.05) is 18.5 Å². The van der Waals surface area contributed by atoms with Gasteiger partial charge in [-0.1, -0.05) is 24.3 Å². The number of piperidine rings is 1. The molecule has 0 aliphatic carbocycles. The third-order valence-electron chi connectivity index (χ3n) is 4.85. The molecule has 146 valence electrons. The molecule has 1 amide bonds. The molecule has 1 atom stereocenters. The molecule has 0 bridgehead atoms. The van der Waals surface area contributed by atoms with Gasteiger partial charge in [-0.2, -0.15) is 0 Å². The molecule has 2 aromatic heterocycles. The highest BCUT2D eigenvalue weighted by Gasteiger charge is 2.18. The van der Waals surface area contributed by atoms with Crippen molar-refractivity contribution < 1.29 is 4.79 Å². The Labute approximate surface area is 166 Å². The fraction of sp³-hybridized carbons (Fsp3) is 0.421. The molecule has 4 rings (SSSR count). The van der Waals surface area contributed by atoms with Crippen LogP contribution in [0.4, 0.5) is 5.13 Å². The van der Waals surface area contributed by atoms with Gasteiger partial charge in [-0.25, -0.2) is 9.67 Å². The largest absolute Gasteiger partial charge is 0.300 e. The average molecular weight is 398 g/mol. The van der Waals surface area contributed by atoms with E-state index in [2.05, 4.69) is 32.4 Å². The van der Waals surface area contributed by atoms with Gasteiger partial charge in [0.15, 0.2) is 5.13 Å². The highest BCUT2D eigenvalue weighted by molar-refractivity contribution is 7.13. The summed E-state index contributed by atoms with van der Waals surface area (Å²) < 4.78 is 1.07. The SMILES string of the molecule is CC1CCCN(Cc2csc(NC(=O)Cn3nnc4ccccc4c3=O)n2)C1. The number of hydrogen-bond acceptors (Lipinski definition) is 7.